The first kappa shape index (κ1) is 13.1. The quantitative estimate of drug-likeness (QED) is 0.858. The van der Waals surface area contributed by atoms with Crippen LogP contribution in [0.25, 0.3) is 0 Å². The summed E-state index contributed by atoms with van der Waals surface area (Å²) >= 11 is 0. The Hall–Kier alpha value is -2.29. The molecule has 0 amide bonds. The number of aryl methyl sites for hydroxylation is 1. The molecule has 19 heavy (non-hydrogen) atoms. The van der Waals surface area contributed by atoms with Crippen molar-refractivity contribution in [3.63, 3.8) is 0 Å². The molecule has 0 radical (unpaired) electrons. The largest absolute Gasteiger partial charge is 0.481 e. The maximum Gasteiger partial charge on any atom is 0.307 e. The molecule has 0 bridgehead atoms. The van der Waals surface area contributed by atoms with Gasteiger partial charge in [-0.25, -0.2) is 0 Å². The van der Waals surface area contributed by atoms with Crippen LogP contribution in [0.4, 0.5) is 11.4 Å². The average molecular weight is 255 g/mol. The Bertz CT molecular complexity index is 578. The lowest BCUT2D eigenvalue weighted by atomic mass is 10.1. The van der Waals surface area contributed by atoms with Crippen LogP contribution in [0.2, 0.25) is 0 Å². The fraction of sp³-hybridized carbons (Fsp3) is 0.188. The van der Waals surface area contributed by atoms with Crippen molar-refractivity contribution < 1.29 is 9.90 Å². The second-order valence-corrected chi connectivity index (χ2v) is 4.41. The lowest BCUT2D eigenvalue weighted by molar-refractivity contribution is -0.136. The van der Waals surface area contributed by atoms with E-state index in [-0.39, 0.29) is 6.42 Å². The number of nitrogens with one attached hydrogen (secondary N) is 1. The fourth-order valence-electron chi connectivity index (χ4n) is 1.98. The molecule has 0 heterocycles. The van der Waals surface area contributed by atoms with E-state index in [9.17, 15) is 4.79 Å². The number of hydrogen-bond acceptors (Lipinski definition) is 2. The standard InChI is InChI=1S/C16H17NO2/c1-2-12-6-5-8-14(10-12)17-15-9-4-3-7-13(15)11-16(18)19/h3-10,17H,2,11H2,1H3,(H,18,19). The summed E-state index contributed by atoms with van der Waals surface area (Å²) in [5, 5.41) is 12.2. The number of carbonyl (C=O) groups is 1. The van der Waals surface area contributed by atoms with E-state index in [1.807, 2.05) is 36.4 Å². The van der Waals surface area contributed by atoms with Crippen molar-refractivity contribution in [2.75, 3.05) is 5.32 Å². The van der Waals surface area contributed by atoms with E-state index in [4.69, 9.17) is 5.11 Å². The Morgan fingerprint density at radius 2 is 1.95 bits per heavy atom. The van der Waals surface area contributed by atoms with Gasteiger partial charge >= 0.3 is 5.97 Å². The average Bonchev–Trinajstić information content (AvgIpc) is 2.41. The second kappa shape index (κ2) is 6.05. The summed E-state index contributed by atoms with van der Waals surface area (Å²) in [6, 6.07) is 15.6. The maximum atomic E-state index is 10.8. The van der Waals surface area contributed by atoms with Crippen LogP contribution >= 0.6 is 0 Å². The van der Waals surface area contributed by atoms with Gasteiger partial charge in [0.2, 0.25) is 0 Å². The number of rotatable bonds is 5. The van der Waals surface area contributed by atoms with Crippen LogP contribution < -0.4 is 5.32 Å². The molecular weight excluding hydrogens is 238 g/mol. The first-order valence-electron chi connectivity index (χ1n) is 6.34. The van der Waals surface area contributed by atoms with Gasteiger partial charge < -0.3 is 10.4 Å². The highest BCUT2D eigenvalue weighted by molar-refractivity contribution is 5.75. The van der Waals surface area contributed by atoms with Crippen molar-refractivity contribution in [1.29, 1.82) is 0 Å². The van der Waals surface area contributed by atoms with Crippen LogP contribution in [-0.2, 0) is 17.6 Å². The first-order valence-corrected chi connectivity index (χ1v) is 6.34. The highest BCUT2D eigenvalue weighted by Gasteiger charge is 2.06. The van der Waals surface area contributed by atoms with E-state index in [1.165, 1.54) is 5.56 Å². The SMILES string of the molecule is CCc1cccc(Nc2ccccc2CC(=O)O)c1. The Morgan fingerprint density at radius 1 is 1.16 bits per heavy atom. The fourth-order valence-corrected chi connectivity index (χ4v) is 1.98. The molecule has 98 valence electrons. The third kappa shape index (κ3) is 3.58. The van der Waals surface area contributed by atoms with E-state index >= 15 is 0 Å². The second-order valence-electron chi connectivity index (χ2n) is 4.41. The molecule has 0 aliphatic heterocycles. The van der Waals surface area contributed by atoms with Crippen LogP contribution in [0.3, 0.4) is 0 Å². The number of hydrogen-bond donors (Lipinski definition) is 2. The summed E-state index contributed by atoms with van der Waals surface area (Å²) in [7, 11) is 0. The summed E-state index contributed by atoms with van der Waals surface area (Å²) in [5.41, 5.74) is 3.87. The van der Waals surface area contributed by atoms with Crippen molar-refractivity contribution in [3.8, 4) is 0 Å². The molecule has 0 saturated heterocycles. The molecule has 0 unspecified atom stereocenters. The minimum absolute atomic E-state index is 0.0244. The molecule has 0 spiro atoms. The first-order chi connectivity index (χ1) is 9.19. The molecule has 0 aliphatic rings. The van der Waals surface area contributed by atoms with Gasteiger partial charge in [-0.05, 0) is 35.7 Å². The number of anilines is 2. The lowest BCUT2D eigenvalue weighted by Gasteiger charge is -2.11. The van der Waals surface area contributed by atoms with E-state index in [0.29, 0.717) is 0 Å². The summed E-state index contributed by atoms with van der Waals surface area (Å²) in [4.78, 5) is 10.8. The molecule has 2 aromatic rings. The van der Waals surface area contributed by atoms with Crippen LogP contribution in [0, 0.1) is 0 Å². The van der Waals surface area contributed by atoms with Gasteiger partial charge in [0.1, 0.15) is 0 Å². The summed E-state index contributed by atoms with van der Waals surface area (Å²) in [6.07, 6.45) is 1.00. The zero-order chi connectivity index (χ0) is 13.7. The van der Waals surface area contributed by atoms with Crippen LogP contribution in [0.1, 0.15) is 18.1 Å². The zero-order valence-corrected chi connectivity index (χ0v) is 10.9. The molecule has 3 heteroatoms. The van der Waals surface area contributed by atoms with E-state index < -0.39 is 5.97 Å². The van der Waals surface area contributed by atoms with Crippen LogP contribution in [0.5, 0.6) is 0 Å². The molecule has 0 saturated carbocycles. The molecular formula is C16H17NO2. The van der Waals surface area contributed by atoms with Crippen molar-refractivity contribution in [3.05, 3.63) is 59.7 Å². The summed E-state index contributed by atoms with van der Waals surface area (Å²) < 4.78 is 0. The Kier molecular flexibility index (Phi) is 4.18. The molecule has 2 N–H and O–H groups in total. The van der Waals surface area contributed by atoms with Crippen molar-refractivity contribution in [2.45, 2.75) is 19.8 Å². The lowest BCUT2D eigenvalue weighted by Crippen LogP contribution is -2.03. The topological polar surface area (TPSA) is 49.3 Å². The van der Waals surface area contributed by atoms with Crippen LogP contribution in [-0.4, -0.2) is 11.1 Å². The predicted octanol–water partition coefficient (Wildman–Crippen LogP) is 3.62. The number of para-hydroxylation sites is 1. The zero-order valence-electron chi connectivity index (χ0n) is 10.9. The third-order valence-corrected chi connectivity index (χ3v) is 2.97. The third-order valence-electron chi connectivity index (χ3n) is 2.97. The number of carboxylic acids is 1. The summed E-state index contributed by atoms with van der Waals surface area (Å²) in [6.45, 7) is 2.11. The van der Waals surface area contributed by atoms with Gasteiger partial charge in [0.25, 0.3) is 0 Å². The number of aliphatic carboxylic acids is 1. The molecule has 0 atom stereocenters. The highest BCUT2D eigenvalue weighted by atomic mass is 16.4. The number of carboxylic acid groups (broad SMARTS) is 1. The highest BCUT2D eigenvalue weighted by Crippen LogP contribution is 2.22. The van der Waals surface area contributed by atoms with Gasteiger partial charge in [-0.2, -0.15) is 0 Å². The van der Waals surface area contributed by atoms with E-state index in [1.54, 1.807) is 0 Å². The monoisotopic (exact) mass is 255 g/mol. The summed E-state index contributed by atoms with van der Waals surface area (Å²) in [5.74, 6) is -0.823. The molecule has 3 nitrogen and oxygen atoms in total. The molecule has 0 aromatic heterocycles. The van der Waals surface area contributed by atoms with E-state index in [0.717, 1.165) is 23.4 Å². The van der Waals surface area contributed by atoms with Crippen molar-refractivity contribution >= 4 is 17.3 Å². The minimum Gasteiger partial charge on any atom is -0.481 e. The minimum atomic E-state index is -0.823. The van der Waals surface area contributed by atoms with Gasteiger partial charge in [-0.3, -0.25) is 4.79 Å². The Morgan fingerprint density at radius 3 is 2.68 bits per heavy atom. The smallest absolute Gasteiger partial charge is 0.307 e. The molecule has 2 rings (SSSR count). The predicted molar refractivity (Wildman–Crippen MR) is 76.9 cm³/mol. The van der Waals surface area contributed by atoms with Gasteiger partial charge in [-0.1, -0.05) is 37.3 Å². The van der Waals surface area contributed by atoms with Crippen molar-refractivity contribution in [2.24, 2.45) is 0 Å². The van der Waals surface area contributed by atoms with Gasteiger partial charge in [0, 0.05) is 11.4 Å². The number of benzene rings is 2. The van der Waals surface area contributed by atoms with E-state index in [2.05, 4.69) is 24.4 Å². The molecule has 0 aliphatic carbocycles. The van der Waals surface area contributed by atoms with Crippen molar-refractivity contribution in [1.82, 2.24) is 0 Å². The Balaban J connectivity index is 2.24. The molecule has 0 fully saturated rings. The van der Waals surface area contributed by atoms with Gasteiger partial charge in [0.15, 0.2) is 0 Å². The van der Waals surface area contributed by atoms with Gasteiger partial charge in [-0.15, -0.1) is 0 Å². The Labute approximate surface area is 112 Å². The van der Waals surface area contributed by atoms with Gasteiger partial charge in [0.05, 0.1) is 6.42 Å². The normalized spacial score (nSPS) is 10.2. The maximum absolute atomic E-state index is 10.8. The van der Waals surface area contributed by atoms with Crippen LogP contribution in [0.15, 0.2) is 48.5 Å². The molecule has 2 aromatic carbocycles.